The number of aromatic nitrogens is 1. The number of carbonyl (C=O) groups excluding carboxylic acids is 1. The summed E-state index contributed by atoms with van der Waals surface area (Å²) in [4.78, 5) is 17.9. The number of benzene rings is 2. The van der Waals surface area contributed by atoms with Gasteiger partial charge in [0, 0.05) is 24.8 Å². The number of alkyl halides is 3. The van der Waals surface area contributed by atoms with Gasteiger partial charge in [-0.05, 0) is 54.4 Å². The quantitative estimate of drug-likeness (QED) is 0.375. The number of methoxy groups -OCH3 is 1. The molecule has 5 nitrogen and oxygen atoms in total. The van der Waals surface area contributed by atoms with Crippen molar-refractivity contribution in [2.45, 2.75) is 19.8 Å². The van der Waals surface area contributed by atoms with E-state index >= 15 is 0 Å². The minimum Gasteiger partial charge on any atom is -0.497 e. The highest BCUT2D eigenvalue weighted by molar-refractivity contribution is 5.93. The second-order valence-corrected chi connectivity index (χ2v) is 7.21. The minimum absolute atomic E-state index is 0.0831. The van der Waals surface area contributed by atoms with Gasteiger partial charge in [0.05, 0.1) is 7.11 Å². The Morgan fingerprint density at radius 3 is 2.21 bits per heavy atom. The van der Waals surface area contributed by atoms with Crippen LogP contribution in [-0.4, -0.2) is 30.8 Å². The average Bonchev–Trinajstić information content (AvgIpc) is 2.79. The second-order valence-electron chi connectivity index (χ2n) is 7.21. The monoisotopic (exact) mass is 456 g/mol. The number of nitrogens with zero attached hydrogens (tertiary/aromatic N) is 2. The topological polar surface area (TPSA) is 51.7 Å². The van der Waals surface area contributed by atoms with Gasteiger partial charge in [0.2, 0.25) is 0 Å². The summed E-state index contributed by atoms with van der Waals surface area (Å²) in [5.74, 6) is 1.04. The summed E-state index contributed by atoms with van der Waals surface area (Å²) in [6.45, 7) is 2.35. The molecule has 0 fully saturated rings. The number of pyridine rings is 1. The molecule has 0 radical (unpaired) electrons. The lowest BCUT2D eigenvalue weighted by atomic mass is 10.1. The first-order chi connectivity index (χ1) is 15.7. The number of hydrogen-bond acceptors (Lipinski definition) is 5. The van der Waals surface area contributed by atoms with E-state index in [2.05, 4.69) is 9.72 Å². The second kappa shape index (κ2) is 10.7. The molecule has 2 aromatic carbocycles. The van der Waals surface area contributed by atoms with E-state index in [1.807, 2.05) is 41.3 Å². The summed E-state index contributed by atoms with van der Waals surface area (Å²) in [6.07, 6.45) is 0.695. The summed E-state index contributed by atoms with van der Waals surface area (Å²) >= 11 is 0. The predicted molar refractivity (Wildman–Crippen MR) is 120 cm³/mol. The Hall–Kier alpha value is -3.81. The van der Waals surface area contributed by atoms with Crippen molar-refractivity contribution in [1.82, 2.24) is 4.98 Å². The lowest BCUT2D eigenvalue weighted by Crippen LogP contribution is -2.24. The van der Waals surface area contributed by atoms with E-state index in [0.29, 0.717) is 24.5 Å². The molecule has 3 rings (SSSR count). The molecule has 0 saturated carbocycles. The van der Waals surface area contributed by atoms with Crippen LogP contribution in [0.5, 0.6) is 11.5 Å². The Balaban J connectivity index is 1.77. The van der Waals surface area contributed by atoms with Gasteiger partial charge in [-0.3, -0.25) is 4.79 Å². The van der Waals surface area contributed by atoms with Crippen LogP contribution >= 0.6 is 0 Å². The lowest BCUT2D eigenvalue weighted by molar-refractivity contribution is -0.274. The third-order valence-electron chi connectivity index (χ3n) is 4.76. The molecule has 1 aromatic heterocycles. The smallest absolute Gasteiger partial charge is 0.497 e. The van der Waals surface area contributed by atoms with Crippen LogP contribution in [-0.2, 0) is 6.54 Å². The maximum Gasteiger partial charge on any atom is 0.573 e. The first kappa shape index (κ1) is 23.8. The molecule has 0 bridgehead atoms. The number of ether oxygens (including phenoxy) is 2. The Bertz CT molecular complexity index is 1080. The molecule has 0 atom stereocenters. The third kappa shape index (κ3) is 7.38. The fraction of sp³-hybridized carbons (Fsp3) is 0.200. The lowest BCUT2D eigenvalue weighted by Gasteiger charge is -2.23. The molecule has 3 aromatic rings. The number of hydrogen-bond donors (Lipinski definition) is 0. The zero-order chi connectivity index (χ0) is 23.8. The summed E-state index contributed by atoms with van der Waals surface area (Å²) in [7, 11) is 1.61. The van der Waals surface area contributed by atoms with Crippen LogP contribution in [0.25, 0.3) is 6.08 Å². The first-order valence-electron chi connectivity index (χ1n) is 10.1. The van der Waals surface area contributed by atoms with Crippen LogP contribution in [0.3, 0.4) is 0 Å². The number of Topliss-reactive ketones (excluding diaryl/α,β-unsaturated/α-hetero) is 1. The standard InChI is InChI=1S/C25H23F3N2O3/c1-18(31)21-9-14-24(29-16-21)30(15-3-4-19-5-10-22(32-2)11-6-19)17-20-7-12-23(13-8-20)33-25(26,27)28/h3-14,16H,15,17H2,1-2H3/b4-3+. The molecule has 1 heterocycles. The van der Waals surface area contributed by atoms with Crippen molar-refractivity contribution in [3.63, 3.8) is 0 Å². The van der Waals surface area contributed by atoms with Crippen molar-refractivity contribution in [3.05, 3.63) is 89.6 Å². The molecule has 33 heavy (non-hydrogen) atoms. The number of carbonyl (C=O) groups is 1. The van der Waals surface area contributed by atoms with E-state index in [1.54, 1.807) is 31.4 Å². The zero-order valence-corrected chi connectivity index (χ0v) is 18.2. The average molecular weight is 456 g/mol. The number of rotatable bonds is 9. The van der Waals surface area contributed by atoms with Crippen LogP contribution in [0.4, 0.5) is 19.0 Å². The largest absolute Gasteiger partial charge is 0.573 e. The van der Waals surface area contributed by atoms with Gasteiger partial charge in [0.1, 0.15) is 17.3 Å². The van der Waals surface area contributed by atoms with E-state index in [9.17, 15) is 18.0 Å². The van der Waals surface area contributed by atoms with Crippen molar-refractivity contribution in [1.29, 1.82) is 0 Å². The molecule has 0 amide bonds. The molecular weight excluding hydrogens is 433 g/mol. The van der Waals surface area contributed by atoms with E-state index in [4.69, 9.17) is 4.74 Å². The summed E-state index contributed by atoms with van der Waals surface area (Å²) < 4.78 is 46.3. The van der Waals surface area contributed by atoms with Gasteiger partial charge >= 0.3 is 6.36 Å². The van der Waals surface area contributed by atoms with Crippen LogP contribution in [0.15, 0.2) is 72.9 Å². The molecule has 0 spiro atoms. The highest BCUT2D eigenvalue weighted by Gasteiger charge is 2.30. The molecule has 0 aliphatic heterocycles. The minimum atomic E-state index is -4.73. The molecule has 8 heteroatoms. The molecule has 0 unspecified atom stereocenters. The van der Waals surface area contributed by atoms with Gasteiger partial charge in [-0.25, -0.2) is 4.98 Å². The molecule has 172 valence electrons. The van der Waals surface area contributed by atoms with Gasteiger partial charge < -0.3 is 14.4 Å². The summed E-state index contributed by atoms with van der Waals surface area (Å²) in [5, 5.41) is 0. The summed E-state index contributed by atoms with van der Waals surface area (Å²) in [5.41, 5.74) is 2.27. The van der Waals surface area contributed by atoms with E-state index < -0.39 is 6.36 Å². The highest BCUT2D eigenvalue weighted by atomic mass is 19.4. The van der Waals surface area contributed by atoms with E-state index in [-0.39, 0.29) is 11.5 Å². The van der Waals surface area contributed by atoms with Crippen LogP contribution in [0.1, 0.15) is 28.4 Å². The number of ketones is 1. The van der Waals surface area contributed by atoms with Gasteiger partial charge in [0.15, 0.2) is 5.78 Å². The predicted octanol–water partition coefficient (Wildman–Crippen LogP) is 5.91. The van der Waals surface area contributed by atoms with Gasteiger partial charge in [-0.15, -0.1) is 13.2 Å². The first-order valence-corrected chi connectivity index (χ1v) is 10.1. The maximum absolute atomic E-state index is 12.4. The van der Waals surface area contributed by atoms with Crippen LogP contribution in [0.2, 0.25) is 0 Å². The van der Waals surface area contributed by atoms with Gasteiger partial charge in [0.25, 0.3) is 0 Å². The van der Waals surface area contributed by atoms with E-state index in [0.717, 1.165) is 16.9 Å². The number of halogens is 3. The fourth-order valence-electron chi connectivity index (χ4n) is 3.07. The molecule has 0 aliphatic rings. The fourth-order valence-corrected chi connectivity index (χ4v) is 3.07. The third-order valence-corrected chi connectivity index (χ3v) is 4.76. The molecule has 0 N–H and O–H groups in total. The van der Waals surface area contributed by atoms with Crippen LogP contribution < -0.4 is 14.4 Å². The maximum atomic E-state index is 12.4. The molecule has 0 aliphatic carbocycles. The zero-order valence-electron chi connectivity index (χ0n) is 18.2. The Morgan fingerprint density at radius 1 is 1.00 bits per heavy atom. The Morgan fingerprint density at radius 2 is 1.67 bits per heavy atom. The van der Waals surface area contributed by atoms with Crippen molar-refractivity contribution in [3.8, 4) is 11.5 Å². The summed E-state index contributed by atoms with van der Waals surface area (Å²) in [6, 6.07) is 16.7. The molecule has 0 saturated heterocycles. The number of anilines is 1. The highest BCUT2D eigenvalue weighted by Crippen LogP contribution is 2.24. The van der Waals surface area contributed by atoms with Crippen LogP contribution in [0, 0.1) is 0 Å². The Labute approximate surface area is 190 Å². The van der Waals surface area contributed by atoms with Gasteiger partial charge in [-0.2, -0.15) is 0 Å². The van der Waals surface area contributed by atoms with Crippen molar-refractivity contribution >= 4 is 17.7 Å². The Kier molecular flexibility index (Phi) is 7.71. The van der Waals surface area contributed by atoms with Crippen molar-refractivity contribution in [2.75, 3.05) is 18.6 Å². The van der Waals surface area contributed by atoms with E-state index in [1.165, 1.54) is 25.3 Å². The van der Waals surface area contributed by atoms with Crippen molar-refractivity contribution in [2.24, 2.45) is 0 Å². The van der Waals surface area contributed by atoms with Gasteiger partial charge in [-0.1, -0.05) is 36.4 Å². The SMILES string of the molecule is COc1ccc(/C=C/CN(Cc2ccc(OC(F)(F)F)cc2)c2ccc(C(C)=O)cn2)cc1. The normalized spacial score (nSPS) is 11.4. The molecular formula is C25H23F3N2O3. The van der Waals surface area contributed by atoms with Crippen molar-refractivity contribution < 1.29 is 27.4 Å².